The van der Waals surface area contributed by atoms with E-state index in [1.54, 1.807) is 20.8 Å². The maximum Gasteiger partial charge on any atom is 0.408 e. The fourth-order valence-corrected chi connectivity index (χ4v) is 3.05. The molecule has 1 N–H and O–H groups in total. The lowest BCUT2D eigenvalue weighted by atomic mass is 9.99. The van der Waals surface area contributed by atoms with Crippen molar-refractivity contribution in [2.24, 2.45) is 5.92 Å². The third-order valence-electron chi connectivity index (χ3n) is 4.40. The SMILES string of the molecule is COC(=O)C[C@@H]1CN(CC(=O)OCc2ccccc2)C(=O)[C@H]1NC(=O)OC(C)(C)C. The Kier molecular flexibility index (Phi) is 7.79. The van der Waals surface area contributed by atoms with E-state index < -0.39 is 41.5 Å². The van der Waals surface area contributed by atoms with Crippen LogP contribution in [-0.4, -0.2) is 60.7 Å². The quantitative estimate of drug-likeness (QED) is 0.527. The number of ether oxygens (including phenoxy) is 3. The highest BCUT2D eigenvalue weighted by atomic mass is 16.6. The Morgan fingerprint density at radius 2 is 1.80 bits per heavy atom. The van der Waals surface area contributed by atoms with Crippen molar-refractivity contribution in [1.82, 2.24) is 10.2 Å². The minimum atomic E-state index is -0.999. The number of carbonyl (C=O) groups is 4. The Morgan fingerprint density at radius 3 is 2.40 bits per heavy atom. The van der Waals surface area contributed by atoms with Crippen molar-refractivity contribution in [1.29, 1.82) is 0 Å². The summed E-state index contributed by atoms with van der Waals surface area (Å²) in [6.07, 6.45) is -0.859. The minimum absolute atomic E-state index is 0.0851. The number of hydrogen-bond acceptors (Lipinski definition) is 7. The van der Waals surface area contributed by atoms with Gasteiger partial charge in [0.15, 0.2) is 0 Å². The molecule has 1 aromatic rings. The van der Waals surface area contributed by atoms with Gasteiger partial charge in [-0.25, -0.2) is 4.79 Å². The monoisotopic (exact) mass is 420 g/mol. The summed E-state index contributed by atoms with van der Waals surface area (Å²) in [4.78, 5) is 50.1. The molecule has 9 nitrogen and oxygen atoms in total. The number of alkyl carbamates (subject to hydrolysis) is 1. The van der Waals surface area contributed by atoms with E-state index in [0.29, 0.717) is 0 Å². The number of methoxy groups -OCH3 is 1. The van der Waals surface area contributed by atoms with Gasteiger partial charge >= 0.3 is 18.0 Å². The van der Waals surface area contributed by atoms with Gasteiger partial charge in [-0.15, -0.1) is 0 Å². The van der Waals surface area contributed by atoms with Crippen molar-refractivity contribution in [2.75, 3.05) is 20.2 Å². The second kappa shape index (κ2) is 10.1. The van der Waals surface area contributed by atoms with E-state index in [4.69, 9.17) is 9.47 Å². The van der Waals surface area contributed by atoms with Gasteiger partial charge in [0.25, 0.3) is 0 Å². The van der Waals surface area contributed by atoms with Crippen molar-refractivity contribution in [2.45, 2.75) is 45.4 Å². The number of amides is 2. The van der Waals surface area contributed by atoms with Crippen molar-refractivity contribution in [3.63, 3.8) is 0 Å². The zero-order valence-corrected chi connectivity index (χ0v) is 17.7. The lowest BCUT2D eigenvalue weighted by Crippen LogP contribution is -2.46. The third kappa shape index (κ3) is 7.06. The zero-order valence-electron chi connectivity index (χ0n) is 17.7. The van der Waals surface area contributed by atoms with E-state index in [1.807, 2.05) is 30.3 Å². The molecule has 0 bridgehead atoms. The van der Waals surface area contributed by atoms with Crippen LogP contribution >= 0.6 is 0 Å². The molecule has 1 saturated heterocycles. The summed E-state index contributed by atoms with van der Waals surface area (Å²) in [5, 5.41) is 2.51. The second-order valence-electron chi connectivity index (χ2n) is 8.03. The van der Waals surface area contributed by atoms with E-state index in [1.165, 1.54) is 12.0 Å². The first-order chi connectivity index (χ1) is 14.1. The molecule has 2 rings (SSSR count). The van der Waals surface area contributed by atoms with Crippen molar-refractivity contribution in [3.05, 3.63) is 35.9 Å². The molecule has 1 fully saturated rings. The molecule has 164 valence electrons. The summed E-state index contributed by atoms with van der Waals surface area (Å²) < 4.78 is 15.1. The number of benzene rings is 1. The summed E-state index contributed by atoms with van der Waals surface area (Å²) in [6, 6.07) is 8.16. The predicted molar refractivity (Wildman–Crippen MR) is 106 cm³/mol. The zero-order chi connectivity index (χ0) is 22.3. The van der Waals surface area contributed by atoms with E-state index in [2.05, 4.69) is 10.1 Å². The molecule has 1 aliphatic heterocycles. The molecule has 30 heavy (non-hydrogen) atoms. The Morgan fingerprint density at radius 1 is 1.13 bits per heavy atom. The predicted octanol–water partition coefficient (Wildman–Crippen LogP) is 1.64. The van der Waals surface area contributed by atoms with Gasteiger partial charge in [0.1, 0.15) is 24.8 Å². The van der Waals surface area contributed by atoms with Gasteiger partial charge in [-0.3, -0.25) is 14.4 Å². The number of esters is 2. The van der Waals surface area contributed by atoms with Crippen LogP contribution in [0.4, 0.5) is 4.79 Å². The number of rotatable bonds is 7. The highest BCUT2D eigenvalue weighted by Crippen LogP contribution is 2.23. The van der Waals surface area contributed by atoms with Crippen molar-refractivity contribution >= 4 is 23.9 Å². The summed E-state index contributed by atoms with van der Waals surface area (Å²) >= 11 is 0. The first-order valence-corrected chi connectivity index (χ1v) is 9.63. The van der Waals surface area contributed by atoms with Gasteiger partial charge in [-0.05, 0) is 26.3 Å². The van der Waals surface area contributed by atoms with E-state index in [9.17, 15) is 19.2 Å². The summed E-state index contributed by atoms with van der Waals surface area (Å²) in [5.74, 6) is -2.13. The van der Waals surface area contributed by atoms with E-state index in [-0.39, 0.29) is 26.1 Å². The number of carbonyl (C=O) groups excluding carboxylic acids is 4. The average molecular weight is 420 g/mol. The maximum absolute atomic E-state index is 12.8. The van der Waals surface area contributed by atoms with Gasteiger partial charge < -0.3 is 24.4 Å². The molecule has 0 saturated carbocycles. The Bertz CT molecular complexity index is 773. The number of hydrogen-bond donors (Lipinski definition) is 1. The smallest absolute Gasteiger partial charge is 0.408 e. The number of nitrogens with one attached hydrogen (secondary N) is 1. The molecule has 1 aliphatic rings. The molecular formula is C21H28N2O7. The van der Waals surface area contributed by atoms with Gasteiger partial charge in [-0.2, -0.15) is 0 Å². The van der Waals surface area contributed by atoms with Crippen LogP contribution in [-0.2, 0) is 35.2 Å². The molecule has 0 unspecified atom stereocenters. The number of likely N-dealkylation sites (tertiary alicyclic amines) is 1. The van der Waals surface area contributed by atoms with Gasteiger partial charge in [0, 0.05) is 12.5 Å². The fraction of sp³-hybridized carbons (Fsp3) is 0.524. The first-order valence-electron chi connectivity index (χ1n) is 9.63. The van der Waals surface area contributed by atoms with E-state index in [0.717, 1.165) is 5.56 Å². The summed E-state index contributed by atoms with van der Waals surface area (Å²) in [5.41, 5.74) is 0.0801. The van der Waals surface area contributed by atoms with Crippen LogP contribution < -0.4 is 5.32 Å². The Hall–Kier alpha value is -3.10. The molecule has 2 atom stereocenters. The highest BCUT2D eigenvalue weighted by molar-refractivity contribution is 5.91. The molecule has 0 spiro atoms. The van der Waals surface area contributed by atoms with Crippen molar-refractivity contribution < 1.29 is 33.4 Å². The number of nitrogens with zero attached hydrogens (tertiary/aromatic N) is 1. The molecule has 0 aliphatic carbocycles. The average Bonchev–Trinajstić information content (AvgIpc) is 2.94. The lowest BCUT2D eigenvalue weighted by Gasteiger charge is -2.23. The fourth-order valence-electron chi connectivity index (χ4n) is 3.05. The molecule has 1 heterocycles. The van der Waals surface area contributed by atoms with Crippen LogP contribution in [0, 0.1) is 5.92 Å². The van der Waals surface area contributed by atoms with Gasteiger partial charge in [-0.1, -0.05) is 30.3 Å². The Labute approximate surface area is 175 Å². The van der Waals surface area contributed by atoms with Gasteiger partial charge in [0.2, 0.25) is 5.91 Å². The highest BCUT2D eigenvalue weighted by Gasteiger charge is 2.43. The largest absolute Gasteiger partial charge is 0.469 e. The molecular weight excluding hydrogens is 392 g/mol. The summed E-state index contributed by atoms with van der Waals surface area (Å²) in [7, 11) is 1.24. The maximum atomic E-state index is 12.8. The topological polar surface area (TPSA) is 111 Å². The lowest BCUT2D eigenvalue weighted by molar-refractivity contribution is -0.149. The molecule has 2 amide bonds. The third-order valence-corrected chi connectivity index (χ3v) is 4.40. The van der Waals surface area contributed by atoms with Crippen LogP contribution in [0.3, 0.4) is 0 Å². The summed E-state index contributed by atoms with van der Waals surface area (Å²) in [6.45, 7) is 5.01. The van der Waals surface area contributed by atoms with Gasteiger partial charge in [0.05, 0.1) is 13.5 Å². The van der Waals surface area contributed by atoms with E-state index >= 15 is 0 Å². The molecule has 0 radical (unpaired) electrons. The van der Waals surface area contributed by atoms with Crippen LogP contribution in [0.2, 0.25) is 0 Å². The standard InChI is InChI=1S/C21H28N2O7/c1-21(2,3)30-20(27)22-18-15(10-16(24)28-4)11-23(19(18)26)12-17(25)29-13-14-8-6-5-7-9-14/h5-9,15,18H,10-13H2,1-4H3,(H,22,27)/t15-,18+/m1/s1. The first kappa shape index (κ1) is 23.2. The second-order valence-corrected chi connectivity index (χ2v) is 8.03. The molecule has 9 heteroatoms. The van der Waals surface area contributed by atoms with Crippen LogP contribution in [0.15, 0.2) is 30.3 Å². The Balaban J connectivity index is 2.00. The van der Waals surface area contributed by atoms with Crippen LogP contribution in [0.25, 0.3) is 0 Å². The van der Waals surface area contributed by atoms with Crippen LogP contribution in [0.1, 0.15) is 32.8 Å². The normalized spacial score (nSPS) is 18.7. The molecule has 0 aromatic heterocycles. The van der Waals surface area contributed by atoms with Crippen molar-refractivity contribution in [3.8, 4) is 0 Å². The molecule has 1 aromatic carbocycles. The minimum Gasteiger partial charge on any atom is -0.469 e. The van der Waals surface area contributed by atoms with Crippen LogP contribution in [0.5, 0.6) is 0 Å².